The van der Waals surface area contributed by atoms with Gasteiger partial charge in [-0.3, -0.25) is 4.79 Å². The first-order chi connectivity index (χ1) is 11.7. The van der Waals surface area contributed by atoms with E-state index in [0.29, 0.717) is 6.42 Å². The summed E-state index contributed by atoms with van der Waals surface area (Å²) in [4.78, 5) is 11.5. The zero-order chi connectivity index (χ0) is 17.9. The highest BCUT2D eigenvalue weighted by Crippen LogP contribution is 2.10. The Kier molecular flexibility index (Phi) is 17.9. The number of hydrogen-bond acceptors (Lipinski definition) is 2. The number of ether oxygens (including phenoxy) is 1. The number of allylic oxidation sites excluding steroid dienone is 2. The predicted molar refractivity (Wildman–Crippen MR) is 105 cm³/mol. The van der Waals surface area contributed by atoms with Gasteiger partial charge in [0.2, 0.25) is 0 Å². The Labute approximate surface area is 151 Å². The van der Waals surface area contributed by atoms with E-state index in [1.807, 2.05) is 13.8 Å². The first-order valence-corrected chi connectivity index (χ1v) is 10.5. The lowest BCUT2D eigenvalue weighted by Crippen LogP contribution is -2.13. The number of esters is 1. The van der Waals surface area contributed by atoms with Crippen molar-refractivity contribution in [1.29, 1.82) is 0 Å². The molecule has 0 aliphatic carbocycles. The van der Waals surface area contributed by atoms with Gasteiger partial charge in [-0.1, -0.05) is 77.4 Å². The maximum atomic E-state index is 11.5. The minimum Gasteiger partial charge on any atom is -0.463 e. The van der Waals surface area contributed by atoms with Gasteiger partial charge in [-0.2, -0.15) is 0 Å². The van der Waals surface area contributed by atoms with E-state index in [2.05, 4.69) is 19.1 Å². The molecule has 0 aliphatic rings. The summed E-state index contributed by atoms with van der Waals surface area (Å²) in [6.07, 6.45) is 23.0. The van der Waals surface area contributed by atoms with Crippen molar-refractivity contribution < 1.29 is 9.53 Å². The summed E-state index contributed by atoms with van der Waals surface area (Å²) < 4.78 is 5.27. The molecule has 0 aliphatic heterocycles. The van der Waals surface area contributed by atoms with Crippen LogP contribution in [0.3, 0.4) is 0 Å². The van der Waals surface area contributed by atoms with Crippen LogP contribution in [0.5, 0.6) is 0 Å². The van der Waals surface area contributed by atoms with Crippen LogP contribution >= 0.6 is 0 Å². The molecule has 0 radical (unpaired) electrons. The summed E-state index contributed by atoms with van der Waals surface area (Å²) in [5.41, 5.74) is 0. The van der Waals surface area contributed by atoms with Crippen LogP contribution in [-0.2, 0) is 9.53 Å². The molecule has 0 N–H and O–H groups in total. The van der Waals surface area contributed by atoms with Crippen LogP contribution in [-0.4, -0.2) is 12.1 Å². The maximum absolute atomic E-state index is 11.5. The fourth-order valence-corrected chi connectivity index (χ4v) is 2.71. The standard InChI is InChI=1S/C22H42O2/c1-4-6-7-8-9-10-11-12-13-14-15-16-17-18-19-20-22(23)24-21(3)5-2/h12-13,21H,4-11,14-20H2,1-3H3. The summed E-state index contributed by atoms with van der Waals surface area (Å²) in [6, 6.07) is 0. The second kappa shape index (κ2) is 18.5. The lowest BCUT2D eigenvalue weighted by atomic mass is 10.1. The highest BCUT2D eigenvalue weighted by Gasteiger charge is 2.06. The second-order valence-corrected chi connectivity index (χ2v) is 7.04. The Morgan fingerprint density at radius 1 is 0.792 bits per heavy atom. The summed E-state index contributed by atoms with van der Waals surface area (Å²) in [5.74, 6) is -0.0259. The number of carbonyl (C=O) groups excluding carboxylic acids is 1. The molecule has 0 fully saturated rings. The van der Waals surface area contributed by atoms with E-state index < -0.39 is 0 Å². The van der Waals surface area contributed by atoms with Crippen LogP contribution in [0, 0.1) is 0 Å². The number of carbonyl (C=O) groups is 1. The highest BCUT2D eigenvalue weighted by atomic mass is 16.5. The fourth-order valence-electron chi connectivity index (χ4n) is 2.71. The zero-order valence-corrected chi connectivity index (χ0v) is 16.7. The van der Waals surface area contributed by atoms with Crippen LogP contribution in [0.2, 0.25) is 0 Å². The topological polar surface area (TPSA) is 26.3 Å². The molecule has 0 heterocycles. The average Bonchev–Trinajstić information content (AvgIpc) is 2.58. The van der Waals surface area contributed by atoms with Gasteiger partial charge in [-0.15, -0.1) is 0 Å². The maximum Gasteiger partial charge on any atom is 0.306 e. The van der Waals surface area contributed by atoms with Crippen LogP contribution < -0.4 is 0 Å². The molecule has 0 saturated carbocycles. The summed E-state index contributed by atoms with van der Waals surface area (Å²) in [6.45, 7) is 6.27. The van der Waals surface area contributed by atoms with Crippen LogP contribution in [0.1, 0.15) is 117 Å². The van der Waals surface area contributed by atoms with Crippen molar-refractivity contribution in [2.75, 3.05) is 0 Å². The summed E-state index contributed by atoms with van der Waals surface area (Å²) in [7, 11) is 0. The SMILES string of the molecule is CCCCCCCCC=CCCCCCCCC(=O)OC(C)CC. The third kappa shape index (κ3) is 17.6. The third-order valence-corrected chi connectivity index (χ3v) is 4.55. The summed E-state index contributed by atoms with van der Waals surface area (Å²) in [5, 5.41) is 0. The number of unbranched alkanes of at least 4 members (excludes halogenated alkanes) is 11. The van der Waals surface area contributed by atoms with E-state index in [1.54, 1.807) is 0 Å². The predicted octanol–water partition coefficient (Wildman–Crippen LogP) is 7.37. The molecule has 0 amide bonds. The monoisotopic (exact) mass is 338 g/mol. The van der Waals surface area contributed by atoms with Crippen molar-refractivity contribution in [3.63, 3.8) is 0 Å². The Hall–Kier alpha value is -0.790. The van der Waals surface area contributed by atoms with E-state index in [0.717, 1.165) is 19.3 Å². The minimum atomic E-state index is -0.0259. The van der Waals surface area contributed by atoms with Crippen molar-refractivity contribution in [3.8, 4) is 0 Å². The molecule has 0 aromatic carbocycles. The largest absolute Gasteiger partial charge is 0.463 e. The van der Waals surface area contributed by atoms with Gasteiger partial charge in [0.1, 0.15) is 0 Å². The Balaban J connectivity index is 3.22. The molecule has 0 bridgehead atoms. The fraction of sp³-hybridized carbons (Fsp3) is 0.864. The molecular formula is C22H42O2. The van der Waals surface area contributed by atoms with E-state index >= 15 is 0 Å². The minimum absolute atomic E-state index is 0.0259. The van der Waals surface area contributed by atoms with Crippen molar-refractivity contribution in [1.82, 2.24) is 0 Å². The highest BCUT2D eigenvalue weighted by molar-refractivity contribution is 5.69. The van der Waals surface area contributed by atoms with Crippen LogP contribution in [0.25, 0.3) is 0 Å². The molecule has 2 nitrogen and oxygen atoms in total. The second-order valence-electron chi connectivity index (χ2n) is 7.04. The lowest BCUT2D eigenvalue weighted by molar-refractivity contribution is -0.148. The molecule has 2 heteroatoms. The molecular weight excluding hydrogens is 296 g/mol. The van der Waals surface area contributed by atoms with E-state index in [-0.39, 0.29) is 12.1 Å². The average molecular weight is 339 g/mol. The quantitative estimate of drug-likeness (QED) is 0.157. The van der Waals surface area contributed by atoms with Gasteiger partial charge in [0.05, 0.1) is 6.10 Å². The molecule has 142 valence electrons. The van der Waals surface area contributed by atoms with Gasteiger partial charge in [-0.25, -0.2) is 0 Å². The smallest absolute Gasteiger partial charge is 0.306 e. The molecule has 1 atom stereocenters. The Bertz CT molecular complexity index is 296. The Morgan fingerprint density at radius 3 is 1.83 bits per heavy atom. The number of hydrogen-bond donors (Lipinski definition) is 0. The first-order valence-electron chi connectivity index (χ1n) is 10.5. The molecule has 24 heavy (non-hydrogen) atoms. The van der Waals surface area contributed by atoms with Crippen LogP contribution in [0.4, 0.5) is 0 Å². The molecule has 1 unspecified atom stereocenters. The lowest BCUT2D eigenvalue weighted by Gasteiger charge is -2.10. The molecule has 0 spiro atoms. The van der Waals surface area contributed by atoms with Gasteiger partial charge in [0.25, 0.3) is 0 Å². The van der Waals surface area contributed by atoms with Crippen molar-refractivity contribution >= 4 is 5.97 Å². The van der Waals surface area contributed by atoms with Crippen LogP contribution in [0.15, 0.2) is 12.2 Å². The van der Waals surface area contributed by atoms with Gasteiger partial charge < -0.3 is 4.74 Å². The molecule has 0 aromatic rings. The summed E-state index contributed by atoms with van der Waals surface area (Å²) >= 11 is 0. The van der Waals surface area contributed by atoms with Gasteiger partial charge in [0.15, 0.2) is 0 Å². The molecule has 0 aromatic heterocycles. The van der Waals surface area contributed by atoms with Gasteiger partial charge in [0, 0.05) is 6.42 Å². The third-order valence-electron chi connectivity index (χ3n) is 4.55. The molecule has 0 rings (SSSR count). The van der Waals surface area contributed by atoms with E-state index in [9.17, 15) is 4.79 Å². The molecule has 0 saturated heterocycles. The normalized spacial score (nSPS) is 12.6. The van der Waals surface area contributed by atoms with E-state index in [4.69, 9.17) is 4.74 Å². The Morgan fingerprint density at radius 2 is 1.29 bits per heavy atom. The van der Waals surface area contributed by atoms with Crippen molar-refractivity contribution in [3.05, 3.63) is 12.2 Å². The van der Waals surface area contributed by atoms with Gasteiger partial charge >= 0.3 is 5.97 Å². The van der Waals surface area contributed by atoms with Crippen molar-refractivity contribution in [2.24, 2.45) is 0 Å². The number of rotatable bonds is 17. The zero-order valence-electron chi connectivity index (χ0n) is 16.7. The first kappa shape index (κ1) is 23.2. The van der Waals surface area contributed by atoms with E-state index in [1.165, 1.54) is 70.6 Å². The van der Waals surface area contributed by atoms with Gasteiger partial charge in [-0.05, 0) is 45.4 Å². The van der Waals surface area contributed by atoms with Crippen molar-refractivity contribution in [2.45, 2.75) is 123 Å².